The second kappa shape index (κ2) is 4.75. The van der Waals surface area contributed by atoms with Gasteiger partial charge in [0.15, 0.2) is 5.58 Å². The lowest BCUT2D eigenvalue weighted by Crippen LogP contribution is -2.11. The Balaban J connectivity index is 2.25. The number of hydrogen-bond acceptors (Lipinski definition) is 3. The molecule has 0 spiro atoms. The van der Waals surface area contributed by atoms with Crippen LogP contribution in [0.15, 0.2) is 27.4 Å². The van der Waals surface area contributed by atoms with E-state index < -0.39 is 0 Å². The van der Waals surface area contributed by atoms with Gasteiger partial charge in [0.25, 0.3) is 0 Å². The Morgan fingerprint density at radius 2 is 2.24 bits per heavy atom. The molecule has 0 radical (unpaired) electrons. The molecule has 0 amide bonds. The minimum Gasteiger partial charge on any atom is -0.408 e. The van der Waals surface area contributed by atoms with E-state index >= 15 is 0 Å². The third kappa shape index (κ3) is 2.42. The smallest absolute Gasteiger partial charge is 0.408 e. The molecule has 1 aromatic carbocycles. The van der Waals surface area contributed by atoms with Crippen molar-refractivity contribution >= 4 is 11.1 Å². The van der Waals surface area contributed by atoms with Gasteiger partial charge >= 0.3 is 5.76 Å². The molecule has 4 nitrogen and oxygen atoms in total. The molecule has 92 valence electrons. The van der Waals surface area contributed by atoms with Crippen LogP contribution in [-0.4, -0.2) is 11.1 Å². The summed E-state index contributed by atoms with van der Waals surface area (Å²) in [4.78, 5) is 11.3. The second-order valence-corrected chi connectivity index (χ2v) is 4.61. The summed E-state index contributed by atoms with van der Waals surface area (Å²) >= 11 is 0. The lowest BCUT2D eigenvalue weighted by atomic mass is 10.0. The molecule has 17 heavy (non-hydrogen) atoms. The molecule has 0 aliphatic carbocycles. The van der Waals surface area contributed by atoms with Gasteiger partial charge in [0, 0.05) is 7.05 Å². The molecule has 0 fully saturated rings. The van der Waals surface area contributed by atoms with Gasteiger partial charge in [0.05, 0.1) is 5.52 Å². The normalized spacial score (nSPS) is 13.1. The highest BCUT2D eigenvalue weighted by atomic mass is 16.4. The van der Waals surface area contributed by atoms with Crippen LogP contribution >= 0.6 is 0 Å². The Morgan fingerprint density at radius 3 is 2.94 bits per heavy atom. The summed E-state index contributed by atoms with van der Waals surface area (Å²) in [6.45, 7) is 2.86. The van der Waals surface area contributed by atoms with Crippen molar-refractivity contribution in [3.05, 3.63) is 34.3 Å². The average molecular weight is 234 g/mol. The van der Waals surface area contributed by atoms with E-state index in [2.05, 4.69) is 6.92 Å². The fraction of sp³-hybridized carbons (Fsp3) is 0.462. The Labute approximate surface area is 100 Å². The fourth-order valence-corrected chi connectivity index (χ4v) is 1.86. The molecule has 0 bridgehead atoms. The average Bonchev–Trinajstić information content (AvgIpc) is 2.62. The van der Waals surface area contributed by atoms with Crippen LogP contribution < -0.4 is 11.5 Å². The van der Waals surface area contributed by atoms with Gasteiger partial charge in [-0.25, -0.2) is 4.79 Å². The maximum Gasteiger partial charge on any atom is 0.419 e. The molecule has 2 aromatic rings. The van der Waals surface area contributed by atoms with Gasteiger partial charge in [-0.15, -0.1) is 0 Å². The predicted molar refractivity (Wildman–Crippen MR) is 68.0 cm³/mol. The Morgan fingerprint density at radius 1 is 1.47 bits per heavy atom. The molecular formula is C13H18N2O2. The third-order valence-corrected chi connectivity index (χ3v) is 3.18. The fourth-order valence-electron chi connectivity index (χ4n) is 1.86. The van der Waals surface area contributed by atoms with Gasteiger partial charge < -0.3 is 10.2 Å². The van der Waals surface area contributed by atoms with Gasteiger partial charge in [0.1, 0.15) is 0 Å². The van der Waals surface area contributed by atoms with Gasteiger partial charge in [0.2, 0.25) is 0 Å². The summed E-state index contributed by atoms with van der Waals surface area (Å²) in [6.07, 6.45) is 2.04. The number of benzene rings is 1. The summed E-state index contributed by atoms with van der Waals surface area (Å²) in [7, 11) is 1.72. The maximum absolute atomic E-state index is 11.3. The van der Waals surface area contributed by atoms with Crippen LogP contribution in [0.4, 0.5) is 0 Å². The summed E-state index contributed by atoms with van der Waals surface area (Å²) in [5.74, 6) is 0.214. The largest absolute Gasteiger partial charge is 0.419 e. The van der Waals surface area contributed by atoms with Gasteiger partial charge in [-0.1, -0.05) is 13.0 Å². The van der Waals surface area contributed by atoms with Crippen LogP contribution in [0.1, 0.15) is 18.9 Å². The monoisotopic (exact) mass is 234 g/mol. The zero-order chi connectivity index (χ0) is 12.4. The molecule has 1 heterocycles. The summed E-state index contributed by atoms with van der Waals surface area (Å²) < 4.78 is 6.62. The molecule has 0 aliphatic rings. The summed E-state index contributed by atoms with van der Waals surface area (Å²) in [6, 6.07) is 5.89. The van der Waals surface area contributed by atoms with Crippen LogP contribution in [0.25, 0.3) is 11.1 Å². The van der Waals surface area contributed by atoms with Crippen molar-refractivity contribution in [3.63, 3.8) is 0 Å². The lowest BCUT2D eigenvalue weighted by Gasteiger charge is -2.07. The van der Waals surface area contributed by atoms with Gasteiger partial charge in [-0.2, -0.15) is 0 Å². The first kappa shape index (κ1) is 11.9. The number of oxazole rings is 1. The Hall–Kier alpha value is -1.55. The molecule has 1 unspecified atom stereocenters. The molecule has 0 saturated carbocycles. The van der Waals surface area contributed by atoms with E-state index in [-0.39, 0.29) is 5.76 Å². The standard InChI is InChI=1S/C13H18N2O2/c1-9(8-14)3-4-10-5-6-12-11(7-10)15(2)13(16)17-12/h5-7,9H,3-4,8,14H2,1-2H3. The van der Waals surface area contributed by atoms with Crippen LogP contribution in [0, 0.1) is 5.92 Å². The van der Waals surface area contributed by atoms with Gasteiger partial charge in [-0.3, -0.25) is 4.57 Å². The number of aryl methyl sites for hydroxylation is 2. The van der Waals surface area contributed by atoms with Crippen LogP contribution in [0.2, 0.25) is 0 Å². The highest BCUT2D eigenvalue weighted by molar-refractivity contribution is 5.73. The van der Waals surface area contributed by atoms with Crippen molar-refractivity contribution in [2.24, 2.45) is 18.7 Å². The number of nitrogens with two attached hydrogens (primary N) is 1. The first-order valence-corrected chi connectivity index (χ1v) is 5.90. The predicted octanol–water partition coefficient (Wildman–Crippen LogP) is 1.66. The molecule has 1 atom stereocenters. The van der Waals surface area contributed by atoms with E-state index in [1.165, 1.54) is 10.1 Å². The van der Waals surface area contributed by atoms with E-state index in [0.29, 0.717) is 18.0 Å². The minimum absolute atomic E-state index is 0.313. The topological polar surface area (TPSA) is 61.2 Å². The quantitative estimate of drug-likeness (QED) is 0.875. The number of aromatic nitrogens is 1. The molecule has 1 aromatic heterocycles. The first-order chi connectivity index (χ1) is 8.11. The van der Waals surface area contributed by atoms with Crippen molar-refractivity contribution < 1.29 is 4.42 Å². The molecule has 0 aliphatic heterocycles. The summed E-state index contributed by atoms with van der Waals surface area (Å²) in [5, 5.41) is 0. The lowest BCUT2D eigenvalue weighted by molar-refractivity contribution is 0.528. The third-order valence-electron chi connectivity index (χ3n) is 3.18. The molecular weight excluding hydrogens is 216 g/mol. The maximum atomic E-state index is 11.3. The van der Waals surface area contributed by atoms with E-state index in [9.17, 15) is 4.79 Å². The van der Waals surface area contributed by atoms with Crippen molar-refractivity contribution in [2.45, 2.75) is 19.8 Å². The SMILES string of the molecule is CC(CN)CCc1ccc2oc(=O)n(C)c2c1. The summed E-state index contributed by atoms with van der Waals surface area (Å²) in [5.41, 5.74) is 8.31. The van der Waals surface area contributed by atoms with E-state index in [0.717, 1.165) is 18.4 Å². The second-order valence-electron chi connectivity index (χ2n) is 4.61. The van der Waals surface area contributed by atoms with Crippen molar-refractivity contribution in [1.29, 1.82) is 0 Å². The van der Waals surface area contributed by atoms with E-state index in [4.69, 9.17) is 10.2 Å². The number of hydrogen-bond donors (Lipinski definition) is 1. The van der Waals surface area contributed by atoms with Crippen LogP contribution in [-0.2, 0) is 13.5 Å². The Kier molecular flexibility index (Phi) is 3.33. The molecule has 4 heteroatoms. The number of nitrogens with zero attached hydrogens (tertiary/aromatic N) is 1. The minimum atomic E-state index is -0.313. The zero-order valence-corrected chi connectivity index (χ0v) is 10.3. The van der Waals surface area contributed by atoms with Crippen molar-refractivity contribution in [3.8, 4) is 0 Å². The highest BCUT2D eigenvalue weighted by Gasteiger charge is 2.07. The van der Waals surface area contributed by atoms with Crippen LogP contribution in [0.5, 0.6) is 0 Å². The van der Waals surface area contributed by atoms with Crippen LogP contribution in [0.3, 0.4) is 0 Å². The zero-order valence-electron chi connectivity index (χ0n) is 10.3. The van der Waals surface area contributed by atoms with Gasteiger partial charge in [-0.05, 0) is 43.0 Å². The molecule has 2 rings (SSSR count). The number of fused-ring (bicyclic) bond motifs is 1. The van der Waals surface area contributed by atoms with Crippen molar-refractivity contribution in [1.82, 2.24) is 4.57 Å². The molecule has 0 saturated heterocycles. The highest BCUT2D eigenvalue weighted by Crippen LogP contribution is 2.16. The van der Waals surface area contributed by atoms with E-state index in [1.54, 1.807) is 7.05 Å². The van der Waals surface area contributed by atoms with E-state index in [1.807, 2.05) is 18.2 Å². The van der Waals surface area contributed by atoms with Crippen molar-refractivity contribution in [2.75, 3.05) is 6.54 Å². The first-order valence-electron chi connectivity index (χ1n) is 5.90. The Bertz CT molecular complexity index is 568. The molecule has 2 N–H and O–H groups in total. The number of rotatable bonds is 4.